The van der Waals surface area contributed by atoms with E-state index in [-0.39, 0.29) is 11.6 Å². The second-order valence-corrected chi connectivity index (χ2v) is 1.93. The highest BCUT2D eigenvalue weighted by atomic mass is 16.6. The lowest BCUT2D eigenvalue weighted by Gasteiger charge is -1.97. The molecule has 0 radical (unpaired) electrons. The topological polar surface area (TPSA) is 99.0 Å². The smallest absolute Gasteiger partial charge is 0.358 e. The molecular weight excluding hydrogens is 150 g/mol. The minimum absolute atomic E-state index is 0.190. The zero-order valence-electron chi connectivity index (χ0n) is 5.81. The molecular formula is C4H7N5O2. The van der Waals surface area contributed by atoms with Gasteiger partial charge in [-0.25, -0.2) is 5.84 Å². The van der Waals surface area contributed by atoms with Crippen molar-refractivity contribution in [3.63, 3.8) is 0 Å². The number of nitrogens with zero attached hydrogens (tertiary/aromatic N) is 3. The van der Waals surface area contributed by atoms with Crippen molar-refractivity contribution in [2.45, 2.75) is 0 Å². The summed E-state index contributed by atoms with van der Waals surface area (Å²) in [5.74, 6) is 4.94. The van der Waals surface area contributed by atoms with Crippen molar-refractivity contribution < 1.29 is 4.92 Å². The summed E-state index contributed by atoms with van der Waals surface area (Å²) >= 11 is 0. The summed E-state index contributed by atoms with van der Waals surface area (Å²) in [6.45, 7) is 0. The van der Waals surface area contributed by atoms with Crippen LogP contribution in [0.3, 0.4) is 0 Å². The number of hydrogen-bond acceptors (Lipinski definition) is 5. The molecule has 0 aliphatic heterocycles. The molecule has 0 atom stereocenters. The maximum Gasteiger partial charge on any atom is 0.407 e. The number of hydrazine groups is 1. The van der Waals surface area contributed by atoms with Crippen LogP contribution in [0.2, 0.25) is 0 Å². The highest BCUT2D eigenvalue weighted by Crippen LogP contribution is 2.18. The average molecular weight is 157 g/mol. The number of hydrogen-bond donors (Lipinski definition) is 2. The zero-order chi connectivity index (χ0) is 8.43. The van der Waals surface area contributed by atoms with Gasteiger partial charge in [0.1, 0.15) is 0 Å². The Bertz CT molecular complexity index is 280. The van der Waals surface area contributed by atoms with Gasteiger partial charge in [-0.3, -0.25) is 4.57 Å². The lowest BCUT2D eigenvalue weighted by Crippen LogP contribution is -2.11. The quantitative estimate of drug-likeness (QED) is 0.346. The van der Waals surface area contributed by atoms with Gasteiger partial charge in [0.25, 0.3) is 0 Å². The van der Waals surface area contributed by atoms with Crippen LogP contribution < -0.4 is 11.3 Å². The molecule has 0 aromatic carbocycles. The maximum absolute atomic E-state index is 10.2. The van der Waals surface area contributed by atoms with Crippen LogP contribution in [0.5, 0.6) is 0 Å². The number of nitrogens with two attached hydrogens (primary N) is 1. The third kappa shape index (κ3) is 1.13. The van der Waals surface area contributed by atoms with Crippen molar-refractivity contribution >= 4 is 11.6 Å². The SMILES string of the molecule is Cn1cnc([N+](=O)[O-])c1NN. The van der Waals surface area contributed by atoms with E-state index in [0.717, 1.165) is 0 Å². The first-order chi connectivity index (χ1) is 5.16. The molecule has 0 spiro atoms. The van der Waals surface area contributed by atoms with Gasteiger partial charge < -0.3 is 15.5 Å². The van der Waals surface area contributed by atoms with Crippen molar-refractivity contribution in [2.24, 2.45) is 12.9 Å². The Morgan fingerprint density at radius 1 is 1.91 bits per heavy atom. The van der Waals surface area contributed by atoms with E-state index >= 15 is 0 Å². The Morgan fingerprint density at radius 3 is 2.91 bits per heavy atom. The number of rotatable bonds is 2. The van der Waals surface area contributed by atoms with E-state index in [4.69, 9.17) is 5.84 Å². The standard InChI is InChI=1S/C4H7N5O2/c1-8-2-6-3(9(10)11)4(8)7-5/h2,7H,5H2,1H3. The van der Waals surface area contributed by atoms with Gasteiger partial charge in [0.15, 0.2) is 0 Å². The monoisotopic (exact) mass is 157 g/mol. The first kappa shape index (κ1) is 7.48. The fourth-order valence-corrected chi connectivity index (χ4v) is 0.718. The predicted molar refractivity (Wildman–Crippen MR) is 37.7 cm³/mol. The third-order valence-electron chi connectivity index (χ3n) is 1.23. The number of nitrogen functional groups attached to an aromatic ring is 1. The molecule has 0 aliphatic rings. The van der Waals surface area contributed by atoms with Crippen LogP contribution in [0.15, 0.2) is 6.33 Å². The number of nitro groups is 1. The lowest BCUT2D eigenvalue weighted by molar-refractivity contribution is -0.388. The van der Waals surface area contributed by atoms with E-state index in [9.17, 15) is 10.1 Å². The molecule has 7 heteroatoms. The van der Waals surface area contributed by atoms with Gasteiger partial charge >= 0.3 is 5.82 Å². The predicted octanol–water partition coefficient (Wildman–Crippen LogP) is -0.386. The second kappa shape index (κ2) is 2.54. The number of nitrogens with one attached hydrogen (secondary N) is 1. The molecule has 0 aliphatic carbocycles. The summed E-state index contributed by atoms with van der Waals surface area (Å²) in [6.07, 6.45) is 1.31. The van der Waals surface area contributed by atoms with Crippen LogP contribution in [0.25, 0.3) is 0 Å². The summed E-state index contributed by atoms with van der Waals surface area (Å²) < 4.78 is 1.43. The van der Waals surface area contributed by atoms with Crippen molar-refractivity contribution in [2.75, 3.05) is 5.43 Å². The normalized spacial score (nSPS) is 9.64. The highest BCUT2D eigenvalue weighted by Gasteiger charge is 2.18. The molecule has 1 aromatic rings. The lowest BCUT2D eigenvalue weighted by atomic mass is 10.6. The molecule has 0 saturated carbocycles. The third-order valence-corrected chi connectivity index (χ3v) is 1.23. The maximum atomic E-state index is 10.2. The van der Waals surface area contributed by atoms with Crippen molar-refractivity contribution in [1.29, 1.82) is 0 Å². The Kier molecular flexibility index (Phi) is 1.73. The second-order valence-electron chi connectivity index (χ2n) is 1.93. The molecule has 0 amide bonds. The van der Waals surface area contributed by atoms with Gasteiger partial charge in [0.05, 0.1) is 0 Å². The molecule has 1 heterocycles. The molecule has 1 aromatic heterocycles. The number of aryl methyl sites for hydroxylation is 1. The molecule has 7 nitrogen and oxygen atoms in total. The zero-order valence-corrected chi connectivity index (χ0v) is 5.81. The summed E-state index contributed by atoms with van der Waals surface area (Å²) in [6, 6.07) is 0. The molecule has 60 valence electrons. The minimum Gasteiger partial charge on any atom is -0.358 e. The Hall–Kier alpha value is -1.63. The van der Waals surface area contributed by atoms with Crippen molar-refractivity contribution in [1.82, 2.24) is 9.55 Å². The van der Waals surface area contributed by atoms with Crippen molar-refractivity contribution in [3.05, 3.63) is 16.4 Å². The molecule has 1 rings (SSSR count). The van der Waals surface area contributed by atoms with Gasteiger partial charge in [-0.15, -0.1) is 0 Å². The number of imidazole rings is 1. The van der Waals surface area contributed by atoms with Gasteiger partial charge in [-0.05, 0) is 9.91 Å². The number of aromatic nitrogens is 2. The number of anilines is 1. The molecule has 3 N–H and O–H groups in total. The summed E-state index contributed by atoms with van der Waals surface area (Å²) in [4.78, 5) is 13.1. The summed E-state index contributed by atoms with van der Waals surface area (Å²) in [5, 5.41) is 10.2. The van der Waals surface area contributed by atoms with Crippen LogP contribution in [0.4, 0.5) is 11.6 Å². The fraction of sp³-hybridized carbons (Fsp3) is 0.250. The van der Waals surface area contributed by atoms with E-state index in [1.54, 1.807) is 7.05 Å². The van der Waals surface area contributed by atoms with E-state index in [1.165, 1.54) is 10.9 Å². The molecule has 0 fully saturated rings. The Labute approximate surface area is 61.9 Å². The molecule has 11 heavy (non-hydrogen) atoms. The van der Waals surface area contributed by atoms with Crippen molar-refractivity contribution in [3.8, 4) is 0 Å². The molecule has 0 unspecified atom stereocenters. The summed E-state index contributed by atoms with van der Waals surface area (Å²) in [5.41, 5.74) is 2.18. The van der Waals surface area contributed by atoms with Crippen LogP contribution in [-0.4, -0.2) is 14.5 Å². The van der Waals surface area contributed by atoms with E-state index < -0.39 is 4.92 Å². The van der Waals surface area contributed by atoms with E-state index in [0.29, 0.717) is 0 Å². The Morgan fingerprint density at radius 2 is 2.55 bits per heavy atom. The van der Waals surface area contributed by atoms with Gasteiger partial charge in [0.2, 0.25) is 12.1 Å². The van der Waals surface area contributed by atoms with Gasteiger partial charge in [-0.1, -0.05) is 0 Å². The average Bonchev–Trinajstić information content (AvgIpc) is 2.30. The van der Waals surface area contributed by atoms with E-state index in [2.05, 4.69) is 10.4 Å². The molecule has 0 saturated heterocycles. The van der Waals surface area contributed by atoms with E-state index in [1.807, 2.05) is 0 Å². The largest absolute Gasteiger partial charge is 0.407 e. The van der Waals surface area contributed by atoms with Crippen LogP contribution >= 0.6 is 0 Å². The summed E-state index contributed by atoms with van der Waals surface area (Å²) in [7, 11) is 1.61. The minimum atomic E-state index is -0.602. The first-order valence-electron chi connectivity index (χ1n) is 2.79. The van der Waals surface area contributed by atoms with Gasteiger partial charge in [0, 0.05) is 7.05 Å². The highest BCUT2D eigenvalue weighted by molar-refractivity contribution is 5.50. The van der Waals surface area contributed by atoms with Crippen LogP contribution in [0.1, 0.15) is 0 Å². The van der Waals surface area contributed by atoms with Crippen LogP contribution in [0, 0.1) is 10.1 Å². The Balaban J connectivity index is 3.15. The van der Waals surface area contributed by atoms with Gasteiger partial charge in [-0.2, -0.15) is 0 Å². The fourth-order valence-electron chi connectivity index (χ4n) is 0.718. The molecule has 0 bridgehead atoms. The first-order valence-corrected chi connectivity index (χ1v) is 2.79. The van der Waals surface area contributed by atoms with Crippen LogP contribution in [-0.2, 0) is 7.05 Å².